The number of nitrogens with zero attached hydrogens (tertiary/aromatic N) is 1. The summed E-state index contributed by atoms with van der Waals surface area (Å²) in [4.78, 5) is 23.0. The van der Waals surface area contributed by atoms with Crippen molar-refractivity contribution in [3.8, 4) is 6.07 Å². The molecule has 2 aromatic rings. The van der Waals surface area contributed by atoms with Crippen molar-refractivity contribution in [3.63, 3.8) is 0 Å². The molecular formula is C12H7NO4. The van der Waals surface area contributed by atoms with Gasteiger partial charge in [0.15, 0.2) is 12.0 Å². The van der Waals surface area contributed by atoms with Crippen molar-refractivity contribution in [1.29, 1.82) is 5.26 Å². The molecule has 0 bridgehead atoms. The van der Waals surface area contributed by atoms with Crippen molar-refractivity contribution in [2.45, 2.75) is 0 Å². The Morgan fingerprint density at radius 3 is 2.94 bits per heavy atom. The summed E-state index contributed by atoms with van der Waals surface area (Å²) in [5.41, 5.74) is -0.0142. The van der Waals surface area contributed by atoms with Gasteiger partial charge in [0.1, 0.15) is 11.7 Å². The SMILES string of the molecule is N#CCOC(=O)c1cc(=O)c2ccccc2o1. The van der Waals surface area contributed by atoms with Crippen molar-refractivity contribution in [2.75, 3.05) is 6.61 Å². The highest BCUT2D eigenvalue weighted by Gasteiger charge is 2.13. The van der Waals surface area contributed by atoms with Crippen LogP contribution < -0.4 is 5.43 Å². The van der Waals surface area contributed by atoms with E-state index >= 15 is 0 Å². The van der Waals surface area contributed by atoms with E-state index in [1.54, 1.807) is 30.3 Å². The van der Waals surface area contributed by atoms with E-state index in [4.69, 9.17) is 9.68 Å². The summed E-state index contributed by atoms with van der Waals surface area (Å²) in [7, 11) is 0. The van der Waals surface area contributed by atoms with Crippen molar-refractivity contribution in [2.24, 2.45) is 0 Å². The van der Waals surface area contributed by atoms with Gasteiger partial charge in [0.25, 0.3) is 0 Å². The van der Waals surface area contributed by atoms with Gasteiger partial charge in [-0.05, 0) is 12.1 Å². The number of esters is 1. The van der Waals surface area contributed by atoms with Crippen LogP contribution in [-0.2, 0) is 4.74 Å². The van der Waals surface area contributed by atoms with Crippen molar-refractivity contribution in [3.05, 3.63) is 46.3 Å². The first-order valence-electron chi connectivity index (χ1n) is 4.79. The molecule has 0 amide bonds. The van der Waals surface area contributed by atoms with Gasteiger partial charge in [-0.25, -0.2) is 4.79 Å². The van der Waals surface area contributed by atoms with Crippen LogP contribution in [0.5, 0.6) is 0 Å². The van der Waals surface area contributed by atoms with Gasteiger partial charge < -0.3 is 9.15 Å². The lowest BCUT2D eigenvalue weighted by atomic mass is 10.2. The molecule has 1 heterocycles. The van der Waals surface area contributed by atoms with Crippen LogP contribution in [0, 0.1) is 11.3 Å². The molecule has 0 spiro atoms. The Morgan fingerprint density at radius 1 is 1.41 bits per heavy atom. The molecule has 0 saturated heterocycles. The van der Waals surface area contributed by atoms with Crippen LogP contribution >= 0.6 is 0 Å². The molecule has 0 atom stereocenters. The van der Waals surface area contributed by atoms with E-state index in [9.17, 15) is 9.59 Å². The predicted molar refractivity (Wildman–Crippen MR) is 58.4 cm³/mol. The van der Waals surface area contributed by atoms with Crippen LogP contribution in [0.25, 0.3) is 11.0 Å². The monoisotopic (exact) mass is 229 g/mol. The third-order valence-corrected chi connectivity index (χ3v) is 2.10. The first-order chi connectivity index (χ1) is 8.22. The fourth-order valence-electron chi connectivity index (χ4n) is 1.37. The number of carbonyl (C=O) groups is 1. The topological polar surface area (TPSA) is 80.3 Å². The van der Waals surface area contributed by atoms with Gasteiger partial charge in [-0.15, -0.1) is 0 Å². The molecule has 0 aliphatic carbocycles. The number of nitriles is 1. The largest absolute Gasteiger partial charge is 0.449 e. The quantitative estimate of drug-likeness (QED) is 0.728. The smallest absolute Gasteiger partial charge is 0.375 e. The summed E-state index contributed by atoms with van der Waals surface area (Å²) < 4.78 is 9.77. The molecule has 0 fully saturated rings. The lowest BCUT2D eigenvalue weighted by Gasteiger charge is -2.01. The van der Waals surface area contributed by atoms with Gasteiger partial charge in [-0.3, -0.25) is 4.79 Å². The van der Waals surface area contributed by atoms with E-state index in [0.717, 1.165) is 6.07 Å². The van der Waals surface area contributed by atoms with Gasteiger partial charge in [-0.1, -0.05) is 12.1 Å². The van der Waals surface area contributed by atoms with E-state index in [1.165, 1.54) is 0 Å². The van der Waals surface area contributed by atoms with Gasteiger partial charge in [0, 0.05) is 6.07 Å². The Bertz CT molecular complexity index is 666. The van der Waals surface area contributed by atoms with E-state index in [2.05, 4.69) is 4.74 Å². The van der Waals surface area contributed by atoms with Crippen LogP contribution in [0.3, 0.4) is 0 Å². The summed E-state index contributed by atoms with van der Waals surface area (Å²) in [5, 5.41) is 8.66. The number of para-hydroxylation sites is 1. The van der Waals surface area contributed by atoms with Crippen LogP contribution in [0.2, 0.25) is 0 Å². The van der Waals surface area contributed by atoms with Crippen LogP contribution in [-0.4, -0.2) is 12.6 Å². The zero-order chi connectivity index (χ0) is 12.3. The average molecular weight is 229 g/mol. The molecule has 0 radical (unpaired) electrons. The fraction of sp³-hybridized carbons (Fsp3) is 0.0833. The minimum absolute atomic E-state index is 0.205. The number of fused-ring (bicyclic) bond motifs is 1. The molecule has 0 N–H and O–H groups in total. The Morgan fingerprint density at radius 2 is 2.18 bits per heavy atom. The summed E-state index contributed by atoms with van der Waals surface area (Å²) in [6.07, 6.45) is 0. The summed E-state index contributed by atoms with van der Waals surface area (Å²) >= 11 is 0. The molecule has 0 unspecified atom stereocenters. The first-order valence-corrected chi connectivity index (χ1v) is 4.79. The molecule has 0 aliphatic rings. The van der Waals surface area contributed by atoms with Gasteiger partial charge >= 0.3 is 5.97 Å². The molecule has 0 aliphatic heterocycles. The highest BCUT2D eigenvalue weighted by atomic mass is 16.5. The van der Waals surface area contributed by atoms with Crippen molar-refractivity contribution in [1.82, 2.24) is 0 Å². The highest BCUT2D eigenvalue weighted by molar-refractivity contribution is 5.88. The molecular weight excluding hydrogens is 222 g/mol. The van der Waals surface area contributed by atoms with Gasteiger partial charge in [0.05, 0.1) is 5.39 Å². The van der Waals surface area contributed by atoms with E-state index < -0.39 is 5.97 Å². The van der Waals surface area contributed by atoms with Crippen molar-refractivity contribution < 1.29 is 13.9 Å². The standard InChI is InChI=1S/C12H7NO4/c13-5-6-16-12(15)11-7-9(14)8-3-1-2-4-10(8)17-11/h1-4,7H,6H2. The number of carbonyl (C=O) groups excluding carboxylic acids is 1. The molecule has 0 saturated carbocycles. The Hall–Kier alpha value is -2.61. The lowest BCUT2D eigenvalue weighted by Crippen LogP contribution is -2.10. The molecule has 5 heteroatoms. The maximum atomic E-state index is 11.6. The Labute approximate surface area is 95.8 Å². The molecule has 1 aromatic carbocycles. The minimum atomic E-state index is -0.825. The number of hydrogen-bond acceptors (Lipinski definition) is 5. The Balaban J connectivity index is 2.47. The van der Waals surface area contributed by atoms with Crippen LogP contribution in [0.1, 0.15) is 10.6 Å². The number of ether oxygens (including phenoxy) is 1. The molecule has 2 rings (SSSR count). The summed E-state index contributed by atoms with van der Waals surface area (Å²) in [6.45, 7) is -0.380. The fourth-order valence-corrected chi connectivity index (χ4v) is 1.37. The second-order valence-corrected chi connectivity index (χ2v) is 3.21. The van der Waals surface area contributed by atoms with Crippen LogP contribution in [0.4, 0.5) is 0 Å². The third-order valence-electron chi connectivity index (χ3n) is 2.10. The minimum Gasteiger partial charge on any atom is -0.449 e. The Kier molecular flexibility index (Phi) is 2.88. The maximum absolute atomic E-state index is 11.6. The predicted octanol–water partition coefficient (Wildman–Crippen LogP) is 1.47. The van der Waals surface area contributed by atoms with Gasteiger partial charge in [0.2, 0.25) is 5.76 Å². The number of rotatable bonds is 2. The normalized spacial score (nSPS) is 9.82. The number of benzene rings is 1. The second-order valence-electron chi connectivity index (χ2n) is 3.21. The number of hydrogen-bond donors (Lipinski definition) is 0. The highest BCUT2D eigenvalue weighted by Crippen LogP contribution is 2.12. The third kappa shape index (κ3) is 2.16. The average Bonchev–Trinajstić information content (AvgIpc) is 2.36. The maximum Gasteiger partial charge on any atom is 0.375 e. The summed E-state index contributed by atoms with van der Waals surface area (Å²) in [6, 6.07) is 9.29. The molecule has 5 nitrogen and oxygen atoms in total. The van der Waals surface area contributed by atoms with Gasteiger partial charge in [-0.2, -0.15) is 5.26 Å². The molecule has 1 aromatic heterocycles. The zero-order valence-electron chi connectivity index (χ0n) is 8.67. The zero-order valence-corrected chi connectivity index (χ0v) is 8.67. The lowest BCUT2D eigenvalue weighted by molar-refractivity contribution is 0.0519. The second kappa shape index (κ2) is 4.49. The van der Waals surface area contributed by atoms with E-state index in [0.29, 0.717) is 11.0 Å². The van der Waals surface area contributed by atoms with E-state index in [-0.39, 0.29) is 17.8 Å². The van der Waals surface area contributed by atoms with Crippen LogP contribution in [0.15, 0.2) is 39.5 Å². The summed E-state index contributed by atoms with van der Waals surface area (Å²) in [5.74, 6) is -1.03. The van der Waals surface area contributed by atoms with Crippen molar-refractivity contribution >= 4 is 16.9 Å². The van der Waals surface area contributed by atoms with E-state index in [1.807, 2.05) is 0 Å². The molecule has 84 valence electrons. The first kappa shape index (κ1) is 10.9. The molecule has 17 heavy (non-hydrogen) atoms.